The van der Waals surface area contributed by atoms with E-state index in [9.17, 15) is 9.59 Å². The van der Waals surface area contributed by atoms with Gasteiger partial charge >= 0.3 is 0 Å². The topological polar surface area (TPSA) is 74.8 Å². The van der Waals surface area contributed by atoms with Gasteiger partial charge < -0.3 is 10.3 Å². The molecule has 0 aliphatic rings. The SMILES string of the molecule is CSc1nc(-c2ccc(NC(C)=O)cc2)cc(=O)[nH]1. The molecule has 5 nitrogen and oxygen atoms in total. The monoisotopic (exact) mass is 275 g/mol. The Morgan fingerprint density at radius 2 is 2.00 bits per heavy atom. The number of hydrogen-bond acceptors (Lipinski definition) is 4. The molecule has 0 saturated carbocycles. The summed E-state index contributed by atoms with van der Waals surface area (Å²) in [6, 6.07) is 8.64. The molecule has 1 heterocycles. The first kappa shape index (κ1) is 13.4. The minimum Gasteiger partial charge on any atom is -0.326 e. The maximum absolute atomic E-state index is 11.5. The minimum atomic E-state index is -0.180. The fourth-order valence-electron chi connectivity index (χ4n) is 1.61. The van der Waals surface area contributed by atoms with Crippen LogP contribution in [0.15, 0.2) is 40.3 Å². The van der Waals surface area contributed by atoms with Gasteiger partial charge in [0.05, 0.1) is 5.69 Å². The largest absolute Gasteiger partial charge is 0.326 e. The Kier molecular flexibility index (Phi) is 4.01. The van der Waals surface area contributed by atoms with E-state index in [2.05, 4.69) is 15.3 Å². The molecule has 2 aromatic rings. The summed E-state index contributed by atoms with van der Waals surface area (Å²) in [6.45, 7) is 1.46. The van der Waals surface area contributed by atoms with Crippen LogP contribution in [-0.2, 0) is 4.79 Å². The first-order chi connectivity index (χ1) is 9.08. The highest BCUT2D eigenvalue weighted by Crippen LogP contribution is 2.20. The number of thioether (sulfide) groups is 1. The number of hydrogen-bond donors (Lipinski definition) is 2. The second-order valence-corrected chi connectivity index (χ2v) is 4.69. The number of benzene rings is 1. The highest BCUT2D eigenvalue weighted by atomic mass is 32.2. The summed E-state index contributed by atoms with van der Waals surface area (Å²) in [6.07, 6.45) is 1.85. The summed E-state index contributed by atoms with van der Waals surface area (Å²) in [5, 5.41) is 3.26. The van der Waals surface area contributed by atoms with Gasteiger partial charge in [0.2, 0.25) is 5.91 Å². The number of nitrogens with zero attached hydrogens (tertiary/aromatic N) is 1. The van der Waals surface area contributed by atoms with Gasteiger partial charge in [-0.25, -0.2) is 4.98 Å². The van der Waals surface area contributed by atoms with Crippen molar-refractivity contribution in [3.63, 3.8) is 0 Å². The lowest BCUT2D eigenvalue weighted by Crippen LogP contribution is -2.08. The Bertz CT molecular complexity index is 650. The van der Waals surface area contributed by atoms with Crippen LogP contribution in [0.5, 0.6) is 0 Å². The van der Waals surface area contributed by atoms with Crippen molar-refractivity contribution in [2.24, 2.45) is 0 Å². The number of aromatic nitrogens is 2. The molecule has 1 aromatic carbocycles. The van der Waals surface area contributed by atoms with Crippen LogP contribution in [0.25, 0.3) is 11.3 Å². The second kappa shape index (κ2) is 5.71. The Balaban J connectivity index is 2.34. The molecular formula is C13H13N3O2S. The third kappa shape index (κ3) is 3.45. The van der Waals surface area contributed by atoms with E-state index in [-0.39, 0.29) is 11.5 Å². The molecule has 1 aromatic heterocycles. The van der Waals surface area contributed by atoms with Crippen LogP contribution >= 0.6 is 11.8 Å². The summed E-state index contributed by atoms with van der Waals surface area (Å²) in [5.41, 5.74) is 1.98. The molecular weight excluding hydrogens is 262 g/mol. The average molecular weight is 275 g/mol. The molecule has 0 spiro atoms. The Labute approximate surface area is 114 Å². The van der Waals surface area contributed by atoms with Gasteiger partial charge in [0, 0.05) is 24.2 Å². The number of carbonyl (C=O) groups excluding carboxylic acids is 1. The normalized spacial score (nSPS) is 10.2. The highest BCUT2D eigenvalue weighted by molar-refractivity contribution is 7.98. The van der Waals surface area contributed by atoms with Gasteiger partial charge in [0.25, 0.3) is 5.56 Å². The quantitative estimate of drug-likeness (QED) is 0.664. The molecule has 0 fully saturated rings. The van der Waals surface area contributed by atoms with E-state index in [4.69, 9.17) is 0 Å². The Hall–Kier alpha value is -2.08. The number of carbonyl (C=O) groups is 1. The molecule has 1 amide bonds. The zero-order chi connectivity index (χ0) is 13.8. The zero-order valence-electron chi connectivity index (χ0n) is 10.6. The van der Waals surface area contributed by atoms with E-state index >= 15 is 0 Å². The molecule has 98 valence electrons. The van der Waals surface area contributed by atoms with Crippen LogP contribution in [0.2, 0.25) is 0 Å². The van der Waals surface area contributed by atoms with E-state index in [1.54, 1.807) is 12.1 Å². The number of amides is 1. The fraction of sp³-hybridized carbons (Fsp3) is 0.154. The third-order valence-corrected chi connectivity index (χ3v) is 2.99. The first-order valence-electron chi connectivity index (χ1n) is 5.62. The lowest BCUT2D eigenvalue weighted by Gasteiger charge is -2.05. The molecule has 0 aliphatic heterocycles. The van der Waals surface area contributed by atoms with Crippen molar-refractivity contribution in [2.75, 3.05) is 11.6 Å². The lowest BCUT2D eigenvalue weighted by atomic mass is 10.1. The smallest absolute Gasteiger partial charge is 0.252 e. The van der Waals surface area contributed by atoms with Gasteiger partial charge in [-0.3, -0.25) is 9.59 Å². The minimum absolute atomic E-state index is 0.119. The van der Waals surface area contributed by atoms with Crippen LogP contribution in [0.1, 0.15) is 6.92 Å². The highest BCUT2D eigenvalue weighted by Gasteiger charge is 2.04. The zero-order valence-corrected chi connectivity index (χ0v) is 11.4. The molecule has 2 rings (SSSR count). The molecule has 0 unspecified atom stereocenters. The number of nitrogens with one attached hydrogen (secondary N) is 2. The number of H-pyrrole nitrogens is 1. The van der Waals surface area contributed by atoms with E-state index in [1.807, 2.05) is 18.4 Å². The van der Waals surface area contributed by atoms with E-state index in [0.717, 1.165) is 5.56 Å². The van der Waals surface area contributed by atoms with Crippen molar-refractivity contribution in [1.82, 2.24) is 9.97 Å². The molecule has 0 radical (unpaired) electrons. The first-order valence-corrected chi connectivity index (χ1v) is 6.84. The van der Waals surface area contributed by atoms with E-state index in [0.29, 0.717) is 16.5 Å². The number of aromatic amines is 1. The Morgan fingerprint density at radius 3 is 2.58 bits per heavy atom. The number of rotatable bonds is 3. The van der Waals surface area contributed by atoms with Crippen molar-refractivity contribution in [2.45, 2.75) is 12.1 Å². The predicted molar refractivity (Wildman–Crippen MR) is 76.4 cm³/mol. The van der Waals surface area contributed by atoms with Gasteiger partial charge in [-0.05, 0) is 18.4 Å². The molecule has 0 atom stereocenters. The average Bonchev–Trinajstić information content (AvgIpc) is 2.38. The maximum Gasteiger partial charge on any atom is 0.252 e. The molecule has 6 heteroatoms. The van der Waals surface area contributed by atoms with Gasteiger partial charge in [-0.1, -0.05) is 23.9 Å². The Morgan fingerprint density at radius 1 is 1.32 bits per heavy atom. The van der Waals surface area contributed by atoms with Gasteiger partial charge in [-0.15, -0.1) is 0 Å². The van der Waals surface area contributed by atoms with Crippen LogP contribution in [0.3, 0.4) is 0 Å². The summed E-state index contributed by atoms with van der Waals surface area (Å²) in [7, 11) is 0. The van der Waals surface area contributed by atoms with E-state index < -0.39 is 0 Å². The molecule has 0 bridgehead atoms. The van der Waals surface area contributed by atoms with Crippen molar-refractivity contribution in [3.8, 4) is 11.3 Å². The maximum atomic E-state index is 11.5. The van der Waals surface area contributed by atoms with E-state index in [1.165, 1.54) is 24.8 Å². The van der Waals surface area contributed by atoms with Gasteiger partial charge in [0.15, 0.2) is 5.16 Å². The second-order valence-electron chi connectivity index (χ2n) is 3.90. The molecule has 19 heavy (non-hydrogen) atoms. The van der Waals surface area contributed by atoms with Crippen molar-refractivity contribution >= 4 is 23.4 Å². The summed E-state index contributed by atoms with van der Waals surface area (Å²) >= 11 is 1.38. The van der Waals surface area contributed by atoms with Gasteiger partial charge in [0.1, 0.15) is 0 Å². The van der Waals surface area contributed by atoms with Crippen LogP contribution in [0.4, 0.5) is 5.69 Å². The summed E-state index contributed by atoms with van der Waals surface area (Å²) in [5.74, 6) is -0.119. The molecule has 0 saturated heterocycles. The van der Waals surface area contributed by atoms with Crippen LogP contribution < -0.4 is 10.9 Å². The van der Waals surface area contributed by atoms with Crippen LogP contribution in [0, 0.1) is 0 Å². The molecule has 0 aliphatic carbocycles. The summed E-state index contributed by atoms with van der Waals surface area (Å²) in [4.78, 5) is 29.4. The third-order valence-electron chi connectivity index (χ3n) is 2.41. The number of anilines is 1. The molecule has 2 N–H and O–H groups in total. The lowest BCUT2D eigenvalue weighted by molar-refractivity contribution is -0.114. The standard InChI is InChI=1S/C13H13N3O2S/c1-8(17)14-10-5-3-9(4-6-10)11-7-12(18)16-13(15-11)19-2/h3-7H,1-2H3,(H,14,17)(H,15,16,18). The van der Waals surface area contributed by atoms with Gasteiger partial charge in [-0.2, -0.15) is 0 Å². The van der Waals surface area contributed by atoms with Crippen molar-refractivity contribution in [3.05, 3.63) is 40.7 Å². The van der Waals surface area contributed by atoms with Crippen LogP contribution in [-0.4, -0.2) is 22.1 Å². The van der Waals surface area contributed by atoms with Crippen molar-refractivity contribution in [1.29, 1.82) is 0 Å². The summed E-state index contributed by atoms with van der Waals surface area (Å²) < 4.78 is 0. The fourth-order valence-corrected chi connectivity index (χ4v) is 2.00. The predicted octanol–water partition coefficient (Wildman–Crippen LogP) is 2.12. The van der Waals surface area contributed by atoms with Crippen molar-refractivity contribution < 1.29 is 4.79 Å².